The Morgan fingerprint density at radius 2 is 1.92 bits per heavy atom. The van der Waals surface area contributed by atoms with E-state index in [-0.39, 0.29) is 17.0 Å². The third-order valence-electron chi connectivity index (χ3n) is 7.31. The lowest BCUT2D eigenvalue weighted by Crippen LogP contribution is -2.57. The maximum Gasteiger partial charge on any atom is 0.393 e. The average molecular weight is 519 g/mol. The maximum atomic E-state index is 13.0. The molecule has 0 amide bonds. The van der Waals surface area contributed by atoms with Crippen molar-refractivity contribution in [3.8, 4) is 0 Å². The molecule has 0 unspecified atom stereocenters. The highest BCUT2D eigenvalue weighted by atomic mass is 32.1. The molecule has 2 saturated heterocycles. The summed E-state index contributed by atoms with van der Waals surface area (Å²) in [6.07, 6.45) is -0.395. The van der Waals surface area contributed by atoms with Gasteiger partial charge in [-0.1, -0.05) is 30.3 Å². The van der Waals surface area contributed by atoms with Gasteiger partial charge in [-0.2, -0.15) is 13.2 Å². The van der Waals surface area contributed by atoms with E-state index in [4.69, 9.17) is 0 Å². The molecular weight excluding hydrogens is 485 g/mol. The smallest absolute Gasteiger partial charge is 0.365 e. The van der Waals surface area contributed by atoms with Gasteiger partial charge < -0.3 is 15.5 Å². The van der Waals surface area contributed by atoms with Gasteiger partial charge in [-0.3, -0.25) is 4.90 Å². The number of aromatic nitrogens is 2. The highest BCUT2D eigenvalue weighted by Crippen LogP contribution is 2.33. The van der Waals surface area contributed by atoms with Crippen LogP contribution in [0.5, 0.6) is 0 Å². The SMILES string of the molecule is CN1CCC[C@H]1CN[C@H]1CN(Cc2ccccc2)CC[C@@H]1Nc1ncnc2sc(CC(F)(F)F)cc12. The summed E-state index contributed by atoms with van der Waals surface area (Å²) >= 11 is 1.09. The summed E-state index contributed by atoms with van der Waals surface area (Å²) in [5, 5.41) is 8.09. The number of hydrogen-bond donors (Lipinski definition) is 2. The Kier molecular flexibility index (Phi) is 7.76. The van der Waals surface area contributed by atoms with Crippen molar-refractivity contribution in [2.75, 3.05) is 38.5 Å². The van der Waals surface area contributed by atoms with Crippen LogP contribution in [0.2, 0.25) is 0 Å². The number of thiophene rings is 1. The van der Waals surface area contributed by atoms with Gasteiger partial charge >= 0.3 is 6.18 Å². The average Bonchev–Trinajstić information content (AvgIpc) is 3.44. The molecule has 0 bridgehead atoms. The van der Waals surface area contributed by atoms with Crippen molar-refractivity contribution in [1.82, 2.24) is 25.1 Å². The number of alkyl halides is 3. The minimum atomic E-state index is -4.24. The van der Waals surface area contributed by atoms with Gasteiger partial charge in [0.2, 0.25) is 0 Å². The first-order chi connectivity index (χ1) is 17.3. The monoisotopic (exact) mass is 518 g/mol. The molecule has 2 aromatic heterocycles. The molecule has 194 valence electrons. The van der Waals surface area contributed by atoms with E-state index in [2.05, 4.69) is 61.7 Å². The standard InChI is InChI=1S/C26H33F3N6S/c1-34-10-5-8-19(34)14-30-23-16-35(15-18-6-3-2-4-7-18)11-9-22(23)33-24-21-12-20(13-26(27,28)29)36-25(21)32-17-31-24/h2-4,6-7,12,17,19,22-23,30H,5,8-11,13-16H2,1H3,(H,31,32,33)/t19-,22-,23-/m0/s1. The topological polar surface area (TPSA) is 56.3 Å². The third-order valence-corrected chi connectivity index (χ3v) is 8.35. The van der Waals surface area contributed by atoms with Gasteiger partial charge in [-0.05, 0) is 44.5 Å². The van der Waals surface area contributed by atoms with E-state index in [1.807, 2.05) is 6.07 Å². The van der Waals surface area contributed by atoms with Gasteiger partial charge in [-0.15, -0.1) is 11.3 Å². The molecule has 5 rings (SSSR count). The Morgan fingerprint density at radius 3 is 2.67 bits per heavy atom. The minimum absolute atomic E-state index is 0.118. The second-order valence-corrected chi connectivity index (χ2v) is 11.1. The van der Waals surface area contributed by atoms with E-state index in [0.717, 1.165) is 50.5 Å². The van der Waals surface area contributed by atoms with E-state index < -0.39 is 12.6 Å². The zero-order chi connectivity index (χ0) is 25.1. The van der Waals surface area contributed by atoms with Crippen LogP contribution in [0, 0.1) is 0 Å². The number of nitrogens with zero attached hydrogens (tertiary/aromatic N) is 4. The number of rotatable bonds is 8. The fourth-order valence-electron chi connectivity index (χ4n) is 5.39. The van der Waals surface area contributed by atoms with Crippen LogP contribution in [-0.4, -0.2) is 77.3 Å². The zero-order valence-electron chi connectivity index (χ0n) is 20.5. The summed E-state index contributed by atoms with van der Waals surface area (Å²) < 4.78 is 38.9. The summed E-state index contributed by atoms with van der Waals surface area (Å²) in [4.78, 5) is 14.4. The number of hydrogen-bond acceptors (Lipinski definition) is 7. The van der Waals surface area contributed by atoms with Gasteiger partial charge in [-0.25, -0.2) is 9.97 Å². The van der Waals surface area contributed by atoms with Crippen LogP contribution in [0.1, 0.15) is 29.7 Å². The van der Waals surface area contributed by atoms with Gasteiger partial charge in [0.1, 0.15) is 17.0 Å². The number of fused-ring (bicyclic) bond motifs is 1. The van der Waals surface area contributed by atoms with Crippen molar-refractivity contribution in [3.05, 3.63) is 53.2 Å². The molecule has 2 fully saturated rings. The number of anilines is 1. The number of piperidine rings is 1. The summed E-state index contributed by atoms with van der Waals surface area (Å²) in [6.45, 7) is 4.78. The second kappa shape index (κ2) is 11.0. The molecule has 36 heavy (non-hydrogen) atoms. The Balaban J connectivity index is 1.32. The summed E-state index contributed by atoms with van der Waals surface area (Å²) in [5.41, 5.74) is 1.30. The van der Waals surface area contributed by atoms with Gasteiger partial charge in [0.05, 0.1) is 11.8 Å². The summed E-state index contributed by atoms with van der Waals surface area (Å²) in [6, 6.07) is 12.9. The quantitative estimate of drug-likeness (QED) is 0.457. The Morgan fingerprint density at radius 1 is 1.08 bits per heavy atom. The largest absolute Gasteiger partial charge is 0.393 e. The van der Waals surface area contributed by atoms with Gasteiger partial charge in [0.15, 0.2) is 0 Å². The molecular formula is C26H33F3N6S. The number of likely N-dealkylation sites (tertiary alicyclic amines) is 2. The van der Waals surface area contributed by atoms with Gasteiger partial charge in [0.25, 0.3) is 0 Å². The molecule has 6 nitrogen and oxygen atoms in total. The number of benzene rings is 1. The zero-order valence-corrected chi connectivity index (χ0v) is 21.3. The Labute approximate surface area is 213 Å². The van der Waals surface area contributed by atoms with Crippen LogP contribution in [0.3, 0.4) is 0 Å². The normalized spacial score (nSPS) is 23.9. The predicted molar refractivity (Wildman–Crippen MR) is 138 cm³/mol. The fourth-order valence-corrected chi connectivity index (χ4v) is 6.42. The number of nitrogens with one attached hydrogen (secondary N) is 2. The van der Waals surface area contributed by atoms with E-state index in [9.17, 15) is 13.2 Å². The summed E-state index contributed by atoms with van der Waals surface area (Å²) in [5.74, 6) is 0.621. The second-order valence-electron chi connectivity index (χ2n) is 10.00. The maximum absolute atomic E-state index is 13.0. The van der Waals surface area contributed by atoms with E-state index in [1.165, 1.54) is 24.7 Å². The molecule has 2 aliphatic rings. The van der Waals surface area contributed by atoms with E-state index >= 15 is 0 Å². The highest BCUT2D eigenvalue weighted by Gasteiger charge is 2.32. The first-order valence-electron chi connectivity index (χ1n) is 12.6. The van der Waals surface area contributed by atoms with Crippen LogP contribution in [0.4, 0.5) is 19.0 Å². The third kappa shape index (κ3) is 6.34. The van der Waals surface area contributed by atoms with E-state index in [0.29, 0.717) is 22.1 Å². The fraction of sp³-hybridized carbons (Fsp3) is 0.538. The lowest BCUT2D eigenvalue weighted by Gasteiger charge is -2.40. The molecule has 1 aromatic carbocycles. The molecule has 3 aromatic rings. The van der Waals surface area contributed by atoms with Crippen LogP contribution in [0.15, 0.2) is 42.7 Å². The van der Waals surface area contributed by atoms with E-state index in [1.54, 1.807) is 6.07 Å². The first kappa shape index (κ1) is 25.4. The molecule has 10 heteroatoms. The van der Waals surface area contributed by atoms with Crippen LogP contribution in [-0.2, 0) is 13.0 Å². The van der Waals surface area contributed by atoms with Crippen molar-refractivity contribution >= 4 is 27.4 Å². The van der Waals surface area contributed by atoms with Crippen LogP contribution in [0.25, 0.3) is 10.2 Å². The summed E-state index contributed by atoms with van der Waals surface area (Å²) in [7, 11) is 2.18. The Hall–Kier alpha value is -2.27. The molecule has 0 saturated carbocycles. The molecule has 0 aliphatic carbocycles. The lowest BCUT2D eigenvalue weighted by molar-refractivity contribution is -0.126. The minimum Gasteiger partial charge on any atom is -0.365 e. The first-order valence-corrected chi connectivity index (χ1v) is 13.4. The molecule has 0 radical (unpaired) electrons. The predicted octanol–water partition coefficient (Wildman–Crippen LogP) is 4.53. The molecule has 0 spiro atoms. The van der Waals surface area contributed by atoms with Crippen LogP contribution >= 0.6 is 11.3 Å². The van der Waals surface area contributed by atoms with Crippen molar-refractivity contribution in [2.45, 2.75) is 56.5 Å². The molecule has 4 heterocycles. The van der Waals surface area contributed by atoms with Crippen molar-refractivity contribution < 1.29 is 13.2 Å². The number of likely N-dealkylation sites (N-methyl/N-ethyl adjacent to an activating group) is 1. The number of halogens is 3. The lowest BCUT2D eigenvalue weighted by atomic mass is 9.97. The van der Waals surface area contributed by atoms with Crippen molar-refractivity contribution in [1.29, 1.82) is 0 Å². The van der Waals surface area contributed by atoms with Gasteiger partial charge in [0, 0.05) is 49.2 Å². The van der Waals surface area contributed by atoms with Crippen LogP contribution < -0.4 is 10.6 Å². The molecule has 2 aliphatic heterocycles. The van der Waals surface area contributed by atoms with Crippen molar-refractivity contribution in [3.63, 3.8) is 0 Å². The highest BCUT2D eigenvalue weighted by molar-refractivity contribution is 7.18. The Bertz CT molecular complexity index is 1140. The molecule has 3 atom stereocenters. The van der Waals surface area contributed by atoms with Crippen molar-refractivity contribution in [2.24, 2.45) is 0 Å². The molecule has 2 N–H and O–H groups in total.